The molecule has 0 bridgehead atoms. The van der Waals surface area contributed by atoms with Gasteiger partial charge in [-0.05, 0) is 73.2 Å². The fourth-order valence-corrected chi connectivity index (χ4v) is 5.55. The highest BCUT2D eigenvalue weighted by molar-refractivity contribution is 5.75. The van der Waals surface area contributed by atoms with Crippen molar-refractivity contribution in [2.45, 2.75) is 63.3 Å². The van der Waals surface area contributed by atoms with Crippen LogP contribution in [0.3, 0.4) is 0 Å². The van der Waals surface area contributed by atoms with Crippen molar-refractivity contribution < 1.29 is 50.8 Å². The molecule has 0 spiro atoms. The summed E-state index contributed by atoms with van der Waals surface area (Å²) in [6, 6.07) is 9.10. The Kier molecular flexibility index (Phi) is 8.30. The zero-order valence-corrected chi connectivity index (χ0v) is 23.8. The number of carbonyl (C=O) groups excluding carboxylic acids is 1. The monoisotopic (exact) mass is 606 g/mol. The van der Waals surface area contributed by atoms with Gasteiger partial charge in [0.05, 0.1) is 37.9 Å². The quantitative estimate of drug-likeness (QED) is 0.204. The Labute approximate surface area is 245 Å². The summed E-state index contributed by atoms with van der Waals surface area (Å²) in [6.07, 6.45) is -4.61. The number of halogens is 5. The van der Waals surface area contributed by atoms with Gasteiger partial charge in [0.1, 0.15) is 17.6 Å². The molecule has 0 aromatic heterocycles. The van der Waals surface area contributed by atoms with Gasteiger partial charge in [-0.25, -0.2) is 8.78 Å². The van der Waals surface area contributed by atoms with Crippen molar-refractivity contribution in [3.05, 3.63) is 76.4 Å². The number of hydrogen-bond acceptors (Lipinski definition) is 6. The molecule has 2 atom stereocenters. The number of rotatable bonds is 9. The summed E-state index contributed by atoms with van der Waals surface area (Å²) in [5.41, 5.74) is -1.10. The van der Waals surface area contributed by atoms with Gasteiger partial charge in [0, 0.05) is 24.0 Å². The zero-order chi connectivity index (χ0) is 31.1. The van der Waals surface area contributed by atoms with E-state index in [-0.39, 0.29) is 48.9 Å². The third kappa shape index (κ3) is 6.56. The number of benzene rings is 3. The molecule has 3 aromatic carbocycles. The summed E-state index contributed by atoms with van der Waals surface area (Å²) in [5.74, 6) is -2.55. The standard InChI is InChI=1S/C32H31F5O6/c1-31(2,39)10-11-41-30-24(33)12-17(13-25(30)34)29-22-7-9-26(21(22)6-8-23(29)32(35,36)37)43-19-4-5-20-18(14-28(38)40-3)16-42-27(20)15-19/h4-6,8,12-13,15,18,26,39H,7,9-11,14,16H2,1-3H3. The Bertz CT molecular complexity index is 1500. The average molecular weight is 607 g/mol. The Morgan fingerprint density at radius 2 is 1.74 bits per heavy atom. The molecule has 0 fully saturated rings. The smallest absolute Gasteiger partial charge is 0.417 e. The van der Waals surface area contributed by atoms with E-state index in [1.54, 1.807) is 18.2 Å². The van der Waals surface area contributed by atoms with Crippen molar-refractivity contribution in [1.29, 1.82) is 0 Å². The first-order valence-electron chi connectivity index (χ1n) is 13.8. The summed E-state index contributed by atoms with van der Waals surface area (Å²) >= 11 is 0. The van der Waals surface area contributed by atoms with Crippen LogP contribution < -0.4 is 14.2 Å². The molecule has 5 rings (SSSR count). The van der Waals surface area contributed by atoms with Crippen molar-refractivity contribution >= 4 is 5.97 Å². The van der Waals surface area contributed by atoms with Crippen LogP contribution in [0.25, 0.3) is 11.1 Å². The fourth-order valence-electron chi connectivity index (χ4n) is 5.55. The van der Waals surface area contributed by atoms with Crippen LogP contribution in [0.1, 0.15) is 67.4 Å². The van der Waals surface area contributed by atoms with Gasteiger partial charge in [0.25, 0.3) is 0 Å². The van der Waals surface area contributed by atoms with Gasteiger partial charge >= 0.3 is 12.1 Å². The van der Waals surface area contributed by atoms with E-state index in [1.807, 2.05) is 0 Å². The first-order valence-corrected chi connectivity index (χ1v) is 13.8. The molecular formula is C32H31F5O6. The van der Waals surface area contributed by atoms with Crippen molar-refractivity contribution in [1.82, 2.24) is 0 Å². The van der Waals surface area contributed by atoms with Gasteiger partial charge in [-0.15, -0.1) is 0 Å². The molecule has 3 aromatic rings. The number of esters is 1. The van der Waals surface area contributed by atoms with Gasteiger partial charge in [0.15, 0.2) is 17.4 Å². The Morgan fingerprint density at radius 3 is 2.40 bits per heavy atom. The molecular weight excluding hydrogens is 575 g/mol. The highest BCUT2D eigenvalue weighted by Crippen LogP contribution is 2.47. The molecule has 1 heterocycles. The molecule has 0 radical (unpaired) electrons. The van der Waals surface area contributed by atoms with E-state index >= 15 is 8.78 Å². The first kappa shape index (κ1) is 30.6. The molecule has 1 aliphatic heterocycles. The van der Waals surface area contributed by atoms with Crippen LogP contribution in [0.2, 0.25) is 0 Å². The predicted octanol–water partition coefficient (Wildman–Crippen LogP) is 7.30. The van der Waals surface area contributed by atoms with Crippen LogP contribution in [0.15, 0.2) is 42.5 Å². The lowest BCUT2D eigenvalue weighted by Gasteiger charge is -2.21. The van der Waals surface area contributed by atoms with Gasteiger partial charge in [-0.2, -0.15) is 13.2 Å². The molecule has 0 saturated heterocycles. The lowest BCUT2D eigenvalue weighted by Crippen LogP contribution is -2.22. The minimum atomic E-state index is -4.78. The lowest BCUT2D eigenvalue weighted by molar-refractivity contribution is -0.141. The molecule has 43 heavy (non-hydrogen) atoms. The number of hydrogen-bond donors (Lipinski definition) is 1. The van der Waals surface area contributed by atoms with Crippen LogP contribution >= 0.6 is 0 Å². The van der Waals surface area contributed by atoms with Crippen LogP contribution in [-0.4, -0.2) is 37.0 Å². The van der Waals surface area contributed by atoms with Gasteiger partial charge in [0.2, 0.25) is 0 Å². The van der Waals surface area contributed by atoms with E-state index in [1.165, 1.54) is 27.0 Å². The summed E-state index contributed by atoms with van der Waals surface area (Å²) in [5, 5.41) is 9.82. The first-order chi connectivity index (χ1) is 20.2. The van der Waals surface area contributed by atoms with E-state index in [0.717, 1.165) is 23.8 Å². The second-order valence-electron chi connectivity index (χ2n) is 11.4. The van der Waals surface area contributed by atoms with E-state index in [9.17, 15) is 23.1 Å². The van der Waals surface area contributed by atoms with Gasteiger partial charge in [-0.3, -0.25) is 4.79 Å². The molecule has 0 saturated carbocycles. The Hall–Kier alpha value is -3.86. The Balaban J connectivity index is 1.44. The summed E-state index contributed by atoms with van der Waals surface area (Å²) in [7, 11) is 1.32. The third-order valence-corrected chi connectivity index (χ3v) is 7.69. The van der Waals surface area contributed by atoms with Gasteiger partial charge < -0.3 is 24.1 Å². The van der Waals surface area contributed by atoms with Crippen molar-refractivity contribution in [3.63, 3.8) is 0 Å². The Morgan fingerprint density at radius 1 is 1.05 bits per heavy atom. The number of fused-ring (bicyclic) bond motifs is 2. The number of ether oxygens (including phenoxy) is 4. The molecule has 11 heteroatoms. The molecule has 2 unspecified atom stereocenters. The minimum absolute atomic E-state index is 0.0872. The maximum atomic E-state index is 15.0. The minimum Gasteiger partial charge on any atom is -0.492 e. The average Bonchev–Trinajstić information content (AvgIpc) is 3.52. The largest absolute Gasteiger partial charge is 0.492 e. The fraction of sp³-hybridized carbons (Fsp3) is 0.406. The van der Waals surface area contributed by atoms with E-state index in [0.29, 0.717) is 35.7 Å². The third-order valence-electron chi connectivity index (χ3n) is 7.69. The second-order valence-corrected chi connectivity index (χ2v) is 11.4. The van der Waals surface area contributed by atoms with E-state index in [4.69, 9.17) is 18.9 Å². The molecule has 2 aliphatic rings. The maximum absolute atomic E-state index is 15.0. The van der Waals surface area contributed by atoms with Crippen LogP contribution in [0, 0.1) is 11.6 Å². The second kappa shape index (κ2) is 11.7. The van der Waals surface area contributed by atoms with E-state index in [2.05, 4.69) is 0 Å². The topological polar surface area (TPSA) is 74.2 Å². The van der Waals surface area contributed by atoms with Gasteiger partial charge in [-0.1, -0.05) is 12.1 Å². The lowest BCUT2D eigenvalue weighted by atomic mass is 9.91. The van der Waals surface area contributed by atoms with Crippen molar-refractivity contribution in [2.75, 3.05) is 20.3 Å². The van der Waals surface area contributed by atoms with Crippen LogP contribution in [0.4, 0.5) is 22.0 Å². The number of aliphatic hydroxyl groups is 1. The van der Waals surface area contributed by atoms with Crippen molar-refractivity contribution in [3.8, 4) is 28.4 Å². The maximum Gasteiger partial charge on any atom is 0.417 e. The van der Waals surface area contributed by atoms with Crippen LogP contribution in [-0.2, 0) is 22.1 Å². The molecule has 6 nitrogen and oxygen atoms in total. The van der Waals surface area contributed by atoms with E-state index < -0.39 is 40.8 Å². The SMILES string of the molecule is COC(=O)CC1COc2cc(OC3CCc4c3ccc(C(F)(F)F)c4-c3cc(F)c(OCCC(C)(C)O)c(F)c3)ccc21. The zero-order valence-electron chi connectivity index (χ0n) is 23.8. The number of methoxy groups -OCH3 is 1. The predicted molar refractivity (Wildman–Crippen MR) is 146 cm³/mol. The summed E-state index contributed by atoms with van der Waals surface area (Å²) in [4.78, 5) is 11.7. The van der Waals surface area contributed by atoms with Crippen molar-refractivity contribution in [2.24, 2.45) is 0 Å². The highest BCUT2D eigenvalue weighted by atomic mass is 19.4. The molecule has 1 N–H and O–H groups in total. The number of carbonyl (C=O) groups is 1. The molecule has 1 aliphatic carbocycles. The van der Waals surface area contributed by atoms with Crippen LogP contribution in [0.5, 0.6) is 17.2 Å². The summed E-state index contributed by atoms with van der Waals surface area (Å²) < 4.78 is 94.3. The number of alkyl halides is 3. The highest BCUT2D eigenvalue weighted by Gasteiger charge is 2.39. The normalized spacial score (nSPS) is 17.7. The molecule has 230 valence electrons. The molecule has 0 amide bonds. The summed E-state index contributed by atoms with van der Waals surface area (Å²) in [6.45, 7) is 3.14.